The number of rotatable bonds is 4. The molecule has 0 amide bonds. The highest BCUT2D eigenvalue weighted by molar-refractivity contribution is 4.95. The summed E-state index contributed by atoms with van der Waals surface area (Å²) in [5.41, 5.74) is 0. The van der Waals surface area contributed by atoms with Crippen LogP contribution in [0.25, 0.3) is 0 Å². The van der Waals surface area contributed by atoms with E-state index in [0.29, 0.717) is 6.04 Å². The van der Waals surface area contributed by atoms with Crippen molar-refractivity contribution in [2.45, 2.75) is 44.3 Å². The first-order chi connectivity index (χ1) is 6.43. The monoisotopic (exact) mass is 178 g/mol. The maximum Gasteiger partial charge on any atom is 0.147 e. The quantitative estimate of drug-likeness (QED) is 0.743. The van der Waals surface area contributed by atoms with E-state index in [1.165, 1.54) is 25.7 Å². The van der Waals surface area contributed by atoms with Gasteiger partial charge in [0.25, 0.3) is 0 Å². The van der Waals surface area contributed by atoms with Crippen LogP contribution in [-0.2, 0) is 6.54 Å². The molecule has 0 unspecified atom stereocenters. The minimum Gasteiger partial charge on any atom is -0.313 e. The van der Waals surface area contributed by atoms with Gasteiger partial charge in [0.05, 0.1) is 6.54 Å². The van der Waals surface area contributed by atoms with Gasteiger partial charge >= 0.3 is 0 Å². The standard InChI is InChI=1S/C9H14N4/c1-2-7(1)10-5-9-12-11-6-13(9)8-3-4-8/h6-8,10H,1-5H2. The highest BCUT2D eigenvalue weighted by Gasteiger charge is 2.27. The Kier molecular flexibility index (Phi) is 1.62. The molecule has 4 nitrogen and oxygen atoms in total. The molecule has 1 aromatic rings. The highest BCUT2D eigenvalue weighted by atomic mass is 15.3. The third-order valence-electron chi connectivity index (χ3n) is 2.71. The van der Waals surface area contributed by atoms with Crippen LogP contribution in [-0.4, -0.2) is 20.8 Å². The highest BCUT2D eigenvalue weighted by Crippen LogP contribution is 2.35. The van der Waals surface area contributed by atoms with E-state index < -0.39 is 0 Å². The molecule has 1 heterocycles. The largest absolute Gasteiger partial charge is 0.313 e. The second-order valence-electron chi connectivity index (χ2n) is 4.04. The smallest absolute Gasteiger partial charge is 0.147 e. The van der Waals surface area contributed by atoms with Crippen molar-refractivity contribution in [1.29, 1.82) is 0 Å². The van der Waals surface area contributed by atoms with E-state index in [1.807, 2.05) is 6.33 Å². The summed E-state index contributed by atoms with van der Waals surface area (Å²) in [6.07, 6.45) is 7.12. The van der Waals surface area contributed by atoms with E-state index in [1.54, 1.807) is 0 Å². The molecule has 0 aromatic carbocycles. The van der Waals surface area contributed by atoms with Gasteiger partial charge in [-0.15, -0.1) is 10.2 Å². The van der Waals surface area contributed by atoms with Crippen molar-refractivity contribution in [3.63, 3.8) is 0 Å². The van der Waals surface area contributed by atoms with Crippen LogP contribution in [0.2, 0.25) is 0 Å². The molecule has 0 atom stereocenters. The molecule has 2 aliphatic rings. The third kappa shape index (κ3) is 1.58. The summed E-state index contributed by atoms with van der Waals surface area (Å²) in [5, 5.41) is 11.5. The SMILES string of the molecule is c1nnc(CNC2CC2)n1C1CC1. The first kappa shape index (κ1) is 7.50. The van der Waals surface area contributed by atoms with Gasteiger partial charge in [0.2, 0.25) is 0 Å². The zero-order chi connectivity index (χ0) is 8.67. The maximum atomic E-state index is 4.13. The number of aromatic nitrogens is 3. The lowest BCUT2D eigenvalue weighted by atomic mass is 10.5. The Morgan fingerprint density at radius 2 is 2.23 bits per heavy atom. The minimum atomic E-state index is 0.700. The Balaban J connectivity index is 1.67. The molecule has 0 aliphatic heterocycles. The predicted molar refractivity (Wildman–Crippen MR) is 48.2 cm³/mol. The van der Waals surface area contributed by atoms with Crippen LogP contribution in [0.5, 0.6) is 0 Å². The summed E-state index contributed by atoms with van der Waals surface area (Å²) in [6.45, 7) is 0.890. The van der Waals surface area contributed by atoms with Gasteiger partial charge in [-0.2, -0.15) is 0 Å². The number of hydrogen-bond acceptors (Lipinski definition) is 3. The van der Waals surface area contributed by atoms with Crippen molar-refractivity contribution in [2.24, 2.45) is 0 Å². The molecule has 0 saturated heterocycles. The number of nitrogens with one attached hydrogen (secondary N) is 1. The van der Waals surface area contributed by atoms with E-state index >= 15 is 0 Å². The first-order valence-corrected chi connectivity index (χ1v) is 5.05. The van der Waals surface area contributed by atoms with Gasteiger partial charge in [0.15, 0.2) is 0 Å². The first-order valence-electron chi connectivity index (χ1n) is 5.05. The molecule has 13 heavy (non-hydrogen) atoms. The van der Waals surface area contributed by atoms with Crippen LogP contribution in [0.1, 0.15) is 37.5 Å². The molecule has 3 rings (SSSR count). The number of hydrogen-bond donors (Lipinski definition) is 1. The lowest BCUT2D eigenvalue weighted by molar-refractivity contribution is 0.603. The molecule has 0 bridgehead atoms. The summed E-state index contributed by atoms with van der Waals surface area (Å²) in [6, 6.07) is 1.45. The van der Waals surface area contributed by atoms with Gasteiger partial charge in [0, 0.05) is 12.1 Å². The molecule has 0 spiro atoms. The van der Waals surface area contributed by atoms with Gasteiger partial charge in [-0.3, -0.25) is 0 Å². The van der Waals surface area contributed by atoms with Gasteiger partial charge < -0.3 is 9.88 Å². The van der Waals surface area contributed by atoms with Crippen LogP contribution >= 0.6 is 0 Å². The normalized spacial score (nSPS) is 22.2. The lowest BCUT2D eigenvalue weighted by Crippen LogP contribution is -2.18. The molecule has 1 N–H and O–H groups in total. The summed E-state index contributed by atoms with van der Waals surface area (Å²) in [7, 11) is 0. The van der Waals surface area contributed by atoms with Gasteiger partial charge in [0.1, 0.15) is 12.2 Å². The van der Waals surface area contributed by atoms with E-state index in [9.17, 15) is 0 Å². The fraction of sp³-hybridized carbons (Fsp3) is 0.778. The van der Waals surface area contributed by atoms with Crippen molar-refractivity contribution in [3.05, 3.63) is 12.2 Å². The summed E-state index contributed by atoms with van der Waals surface area (Å²) >= 11 is 0. The van der Waals surface area contributed by atoms with Crippen molar-refractivity contribution in [3.8, 4) is 0 Å². The molecule has 2 saturated carbocycles. The van der Waals surface area contributed by atoms with E-state index in [0.717, 1.165) is 18.4 Å². The van der Waals surface area contributed by atoms with E-state index in [2.05, 4.69) is 20.1 Å². The summed E-state index contributed by atoms with van der Waals surface area (Å²) < 4.78 is 2.22. The zero-order valence-electron chi connectivity index (χ0n) is 7.61. The second kappa shape index (κ2) is 2.80. The summed E-state index contributed by atoms with van der Waals surface area (Å²) in [4.78, 5) is 0. The lowest BCUT2D eigenvalue weighted by Gasteiger charge is -2.04. The van der Waals surface area contributed by atoms with E-state index in [-0.39, 0.29) is 0 Å². The van der Waals surface area contributed by atoms with Gasteiger partial charge in [-0.05, 0) is 25.7 Å². The molecule has 4 heteroatoms. The fourth-order valence-electron chi connectivity index (χ4n) is 1.57. The maximum absolute atomic E-state index is 4.13. The molecule has 1 aromatic heterocycles. The summed E-state index contributed by atoms with van der Waals surface area (Å²) in [5.74, 6) is 1.11. The molecular formula is C9H14N4. The Morgan fingerprint density at radius 1 is 1.38 bits per heavy atom. The van der Waals surface area contributed by atoms with Crippen LogP contribution in [0.3, 0.4) is 0 Å². The van der Waals surface area contributed by atoms with E-state index in [4.69, 9.17) is 0 Å². The molecule has 2 aliphatic carbocycles. The average molecular weight is 178 g/mol. The Bertz CT molecular complexity index is 298. The van der Waals surface area contributed by atoms with Gasteiger partial charge in [-0.25, -0.2) is 0 Å². The van der Waals surface area contributed by atoms with Crippen LogP contribution < -0.4 is 5.32 Å². The topological polar surface area (TPSA) is 42.7 Å². The third-order valence-corrected chi connectivity index (χ3v) is 2.71. The zero-order valence-corrected chi connectivity index (χ0v) is 7.61. The fourth-order valence-corrected chi connectivity index (χ4v) is 1.57. The Labute approximate surface area is 77.4 Å². The van der Waals surface area contributed by atoms with Crippen molar-refractivity contribution < 1.29 is 0 Å². The van der Waals surface area contributed by atoms with Crippen LogP contribution in [0.4, 0.5) is 0 Å². The minimum absolute atomic E-state index is 0.700. The van der Waals surface area contributed by atoms with Crippen molar-refractivity contribution in [1.82, 2.24) is 20.1 Å². The second-order valence-corrected chi connectivity index (χ2v) is 4.04. The Hall–Kier alpha value is -0.900. The average Bonchev–Trinajstić information content (AvgIpc) is 3.03. The van der Waals surface area contributed by atoms with Crippen LogP contribution in [0.15, 0.2) is 6.33 Å². The molecular weight excluding hydrogens is 164 g/mol. The molecule has 70 valence electrons. The Morgan fingerprint density at radius 3 is 2.92 bits per heavy atom. The van der Waals surface area contributed by atoms with Crippen LogP contribution in [0, 0.1) is 0 Å². The predicted octanol–water partition coefficient (Wildman–Crippen LogP) is 0.865. The molecule has 2 fully saturated rings. The molecule has 0 radical (unpaired) electrons. The van der Waals surface area contributed by atoms with Gasteiger partial charge in [-0.1, -0.05) is 0 Å². The van der Waals surface area contributed by atoms with Crippen molar-refractivity contribution >= 4 is 0 Å². The van der Waals surface area contributed by atoms with Crippen molar-refractivity contribution in [2.75, 3.05) is 0 Å². The number of nitrogens with zero attached hydrogens (tertiary/aromatic N) is 3.